The number of hydrogen-bond acceptors (Lipinski definition) is 4. The van der Waals surface area contributed by atoms with Crippen LogP contribution >= 0.6 is 0 Å². The molecule has 0 aliphatic carbocycles. The molecular formula is C15H15FN2O3. The van der Waals surface area contributed by atoms with E-state index in [1.54, 1.807) is 12.1 Å². The molecule has 6 heteroatoms. The summed E-state index contributed by atoms with van der Waals surface area (Å²) in [5.74, 6) is -0.688. The van der Waals surface area contributed by atoms with E-state index in [1.165, 1.54) is 31.4 Å². The van der Waals surface area contributed by atoms with E-state index in [-0.39, 0.29) is 23.7 Å². The molecule has 0 aromatic heterocycles. The second kappa shape index (κ2) is 6.13. The average Bonchev–Trinajstić information content (AvgIpc) is 2.45. The Kier molecular flexibility index (Phi) is 4.27. The Labute approximate surface area is 121 Å². The standard InChI is InChI=1S/C15H15FN2O3/c1-20-13-5-2-9(6-12(13)16)8-21-14-7-10(17)3-4-11(14)15(18)19/h2-7H,8,17H2,1H3,(H2,18,19). The maximum atomic E-state index is 13.6. The van der Waals surface area contributed by atoms with Crippen LogP contribution in [0.3, 0.4) is 0 Å². The second-order valence-corrected chi connectivity index (χ2v) is 4.38. The molecule has 0 saturated heterocycles. The number of primary amides is 1. The number of rotatable bonds is 5. The van der Waals surface area contributed by atoms with Crippen LogP contribution in [0.25, 0.3) is 0 Å². The summed E-state index contributed by atoms with van der Waals surface area (Å²) < 4.78 is 23.9. The van der Waals surface area contributed by atoms with E-state index in [9.17, 15) is 9.18 Å². The number of carbonyl (C=O) groups is 1. The van der Waals surface area contributed by atoms with Crippen LogP contribution in [0.1, 0.15) is 15.9 Å². The fraction of sp³-hybridized carbons (Fsp3) is 0.133. The Morgan fingerprint density at radius 2 is 1.95 bits per heavy atom. The average molecular weight is 290 g/mol. The zero-order chi connectivity index (χ0) is 15.4. The maximum Gasteiger partial charge on any atom is 0.252 e. The van der Waals surface area contributed by atoms with E-state index in [2.05, 4.69) is 0 Å². The number of hydrogen-bond donors (Lipinski definition) is 2. The molecule has 4 N–H and O–H groups in total. The van der Waals surface area contributed by atoms with Gasteiger partial charge in [0.1, 0.15) is 12.4 Å². The van der Waals surface area contributed by atoms with Crippen molar-refractivity contribution >= 4 is 11.6 Å². The van der Waals surface area contributed by atoms with Crippen LogP contribution in [0, 0.1) is 5.82 Å². The lowest BCUT2D eigenvalue weighted by molar-refractivity contribution is 0.0996. The first-order valence-corrected chi connectivity index (χ1v) is 6.16. The van der Waals surface area contributed by atoms with Gasteiger partial charge in [0.15, 0.2) is 11.6 Å². The molecule has 0 atom stereocenters. The van der Waals surface area contributed by atoms with Crippen molar-refractivity contribution < 1.29 is 18.7 Å². The predicted octanol–water partition coefficient (Wildman–Crippen LogP) is 2.09. The summed E-state index contributed by atoms with van der Waals surface area (Å²) in [4.78, 5) is 11.3. The van der Waals surface area contributed by atoms with Crippen LogP contribution in [0.15, 0.2) is 36.4 Å². The molecule has 5 nitrogen and oxygen atoms in total. The van der Waals surface area contributed by atoms with Gasteiger partial charge in [-0.2, -0.15) is 0 Å². The van der Waals surface area contributed by atoms with Crippen LogP contribution in [0.2, 0.25) is 0 Å². The number of anilines is 1. The van der Waals surface area contributed by atoms with Crippen molar-refractivity contribution in [3.8, 4) is 11.5 Å². The van der Waals surface area contributed by atoms with Gasteiger partial charge in [0.25, 0.3) is 5.91 Å². The molecular weight excluding hydrogens is 275 g/mol. The van der Waals surface area contributed by atoms with Crippen LogP contribution < -0.4 is 20.9 Å². The largest absolute Gasteiger partial charge is 0.494 e. The summed E-state index contributed by atoms with van der Waals surface area (Å²) in [7, 11) is 1.39. The van der Waals surface area contributed by atoms with Crippen molar-refractivity contribution in [1.82, 2.24) is 0 Å². The summed E-state index contributed by atoms with van der Waals surface area (Å²) in [6.07, 6.45) is 0. The maximum absolute atomic E-state index is 13.6. The van der Waals surface area contributed by atoms with Gasteiger partial charge in [-0.1, -0.05) is 6.07 Å². The highest BCUT2D eigenvalue weighted by atomic mass is 19.1. The van der Waals surface area contributed by atoms with Crippen molar-refractivity contribution in [3.05, 3.63) is 53.3 Å². The summed E-state index contributed by atoms with van der Waals surface area (Å²) in [5, 5.41) is 0. The third-order valence-corrected chi connectivity index (χ3v) is 2.88. The smallest absolute Gasteiger partial charge is 0.252 e. The third kappa shape index (κ3) is 3.42. The molecule has 0 bridgehead atoms. The highest BCUT2D eigenvalue weighted by molar-refractivity contribution is 5.96. The van der Waals surface area contributed by atoms with Crippen molar-refractivity contribution in [1.29, 1.82) is 0 Å². The topological polar surface area (TPSA) is 87.6 Å². The Bertz CT molecular complexity index is 674. The number of halogens is 1. The van der Waals surface area contributed by atoms with Crippen molar-refractivity contribution in [2.24, 2.45) is 5.73 Å². The number of nitrogen functional groups attached to an aromatic ring is 1. The van der Waals surface area contributed by atoms with Gasteiger partial charge in [0.2, 0.25) is 0 Å². The van der Waals surface area contributed by atoms with Crippen molar-refractivity contribution in [2.75, 3.05) is 12.8 Å². The lowest BCUT2D eigenvalue weighted by Crippen LogP contribution is -2.13. The fourth-order valence-corrected chi connectivity index (χ4v) is 1.82. The molecule has 2 aromatic carbocycles. The van der Waals surface area contributed by atoms with E-state index >= 15 is 0 Å². The molecule has 21 heavy (non-hydrogen) atoms. The van der Waals surface area contributed by atoms with E-state index in [0.717, 1.165) is 0 Å². The molecule has 0 radical (unpaired) electrons. The first-order chi connectivity index (χ1) is 10.0. The van der Waals surface area contributed by atoms with E-state index in [4.69, 9.17) is 20.9 Å². The molecule has 1 amide bonds. The minimum absolute atomic E-state index is 0.0741. The summed E-state index contributed by atoms with van der Waals surface area (Å²) >= 11 is 0. The fourth-order valence-electron chi connectivity index (χ4n) is 1.82. The lowest BCUT2D eigenvalue weighted by Gasteiger charge is -2.11. The highest BCUT2D eigenvalue weighted by Gasteiger charge is 2.11. The monoisotopic (exact) mass is 290 g/mol. The molecule has 2 rings (SSSR count). The number of methoxy groups -OCH3 is 1. The van der Waals surface area contributed by atoms with E-state index in [0.29, 0.717) is 11.3 Å². The first-order valence-electron chi connectivity index (χ1n) is 6.16. The predicted molar refractivity (Wildman–Crippen MR) is 76.7 cm³/mol. The van der Waals surface area contributed by atoms with Crippen LogP contribution in [-0.4, -0.2) is 13.0 Å². The molecule has 0 aliphatic rings. The molecule has 0 heterocycles. The Morgan fingerprint density at radius 3 is 2.57 bits per heavy atom. The zero-order valence-corrected chi connectivity index (χ0v) is 11.4. The number of amides is 1. The minimum atomic E-state index is -0.620. The van der Waals surface area contributed by atoms with Gasteiger partial charge in [-0.3, -0.25) is 4.79 Å². The van der Waals surface area contributed by atoms with E-state index in [1.807, 2.05) is 0 Å². The van der Waals surface area contributed by atoms with Crippen LogP contribution in [0.4, 0.5) is 10.1 Å². The van der Waals surface area contributed by atoms with Gasteiger partial charge in [0.05, 0.1) is 12.7 Å². The van der Waals surface area contributed by atoms with Crippen molar-refractivity contribution in [2.45, 2.75) is 6.61 Å². The van der Waals surface area contributed by atoms with Gasteiger partial charge in [-0.15, -0.1) is 0 Å². The molecule has 0 spiro atoms. The highest BCUT2D eigenvalue weighted by Crippen LogP contribution is 2.24. The molecule has 0 unspecified atom stereocenters. The Balaban J connectivity index is 2.18. The lowest BCUT2D eigenvalue weighted by atomic mass is 10.1. The molecule has 110 valence electrons. The molecule has 0 aliphatic heterocycles. The van der Waals surface area contributed by atoms with Gasteiger partial charge in [-0.25, -0.2) is 4.39 Å². The molecule has 0 saturated carbocycles. The zero-order valence-electron chi connectivity index (χ0n) is 11.4. The van der Waals surface area contributed by atoms with E-state index < -0.39 is 11.7 Å². The normalized spacial score (nSPS) is 10.2. The second-order valence-electron chi connectivity index (χ2n) is 4.38. The van der Waals surface area contributed by atoms with Crippen molar-refractivity contribution in [3.63, 3.8) is 0 Å². The number of nitrogens with two attached hydrogens (primary N) is 2. The van der Waals surface area contributed by atoms with Gasteiger partial charge in [0, 0.05) is 11.8 Å². The number of ether oxygens (including phenoxy) is 2. The summed E-state index contributed by atoms with van der Waals surface area (Å²) in [6.45, 7) is 0.0741. The Morgan fingerprint density at radius 1 is 1.19 bits per heavy atom. The van der Waals surface area contributed by atoms with Gasteiger partial charge in [-0.05, 0) is 29.8 Å². The minimum Gasteiger partial charge on any atom is -0.494 e. The SMILES string of the molecule is COc1ccc(COc2cc(N)ccc2C(N)=O)cc1F. The van der Waals surface area contributed by atoms with Gasteiger partial charge >= 0.3 is 0 Å². The first kappa shape index (κ1) is 14.6. The summed E-state index contributed by atoms with van der Waals surface area (Å²) in [6, 6.07) is 9.01. The summed E-state index contributed by atoms with van der Waals surface area (Å²) in [5.41, 5.74) is 12.2. The third-order valence-electron chi connectivity index (χ3n) is 2.88. The molecule has 2 aromatic rings. The van der Waals surface area contributed by atoms with Crippen LogP contribution in [0.5, 0.6) is 11.5 Å². The Hall–Kier alpha value is -2.76. The quantitative estimate of drug-likeness (QED) is 0.825. The number of carbonyl (C=O) groups excluding carboxylic acids is 1. The number of benzene rings is 2. The molecule has 0 fully saturated rings. The van der Waals surface area contributed by atoms with Crippen LogP contribution in [-0.2, 0) is 6.61 Å². The van der Waals surface area contributed by atoms with Gasteiger partial charge < -0.3 is 20.9 Å².